The summed E-state index contributed by atoms with van der Waals surface area (Å²) in [5.74, 6) is -0.387. The van der Waals surface area contributed by atoms with Gasteiger partial charge in [0.05, 0.1) is 11.8 Å². The fourth-order valence-corrected chi connectivity index (χ4v) is 3.21. The zero-order chi connectivity index (χ0) is 19.0. The lowest BCUT2D eigenvalue weighted by Crippen LogP contribution is -2.38. The quantitative estimate of drug-likeness (QED) is 0.688. The molecule has 0 amide bonds. The molecule has 1 aromatic carbocycles. The smallest absolute Gasteiger partial charge is 0.217 e. The SMILES string of the molecule is CC.CC1(CC#N)CCN(Cc2ccc(-c3ccccc3)nc2F)CC1. The van der Waals surface area contributed by atoms with Gasteiger partial charge in [0.1, 0.15) is 0 Å². The molecule has 0 N–H and O–H groups in total. The molecule has 0 unspecified atom stereocenters. The lowest BCUT2D eigenvalue weighted by molar-refractivity contribution is 0.115. The van der Waals surface area contributed by atoms with Crippen LogP contribution in [0.15, 0.2) is 42.5 Å². The van der Waals surface area contributed by atoms with Gasteiger partial charge in [0.25, 0.3) is 0 Å². The Morgan fingerprint density at radius 2 is 1.77 bits per heavy atom. The molecule has 3 rings (SSSR count). The number of hydrogen-bond donors (Lipinski definition) is 0. The van der Waals surface area contributed by atoms with E-state index in [1.807, 2.05) is 56.3 Å². The lowest BCUT2D eigenvalue weighted by Gasteiger charge is -2.38. The first-order valence-corrected chi connectivity index (χ1v) is 9.40. The minimum absolute atomic E-state index is 0.110. The highest BCUT2D eigenvalue weighted by Crippen LogP contribution is 2.34. The summed E-state index contributed by atoms with van der Waals surface area (Å²) in [6, 6.07) is 15.7. The first kappa shape index (κ1) is 20.1. The Kier molecular flexibility index (Phi) is 7.29. The number of nitrogens with zero attached hydrogens (tertiary/aromatic N) is 3. The highest BCUT2D eigenvalue weighted by atomic mass is 19.1. The van der Waals surface area contributed by atoms with Crippen molar-refractivity contribution in [3.05, 3.63) is 54.0 Å². The van der Waals surface area contributed by atoms with Crippen molar-refractivity contribution in [3.8, 4) is 17.3 Å². The summed E-state index contributed by atoms with van der Waals surface area (Å²) in [7, 11) is 0. The molecule has 0 saturated carbocycles. The molecule has 0 radical (unpaired) electrons. The number of benzene rings is 1. The second-order valence-electron chi connectivity index (χ2n) is 6.93. The van der Waals surface area contributed by atoms with Crippen molar-refractivity contribution in [2.24, 2.45) is 5.41 Å². The molecule has 1 fully saturated rings. The van der Waals surface area contributed by atoms with E-state index in [2.05, 4.69) is 22.9 Å². The number of rotatable bonds is 4. The molecule has 3 nitrogen and oxygen atoms in total. The van der Waals surface area contributed by atoms with Crippen LogP contribution in [0.2, 0.25) is 0 Å². The zero-order valence-corrected chi connectivity index (χ0v) is 16.0. The topological polar surface area (TPSA) is 39.9 Å². The van der Waals surface area contributed by atoms with Crippen LogP contribution in [0.3, 0.4) is 0 Å². The Labute approximate surface area is 156 Å². The maximum absolute atomic E-state index is 14.4. The number of pyridine rings is 1. The molecule has 2 aromatic rings. The minimum atomic E-state index is -0.387. The van der Waals surface area contributed by atoms with E-state index in [9.17, 15) is 4.39 Å². The summed E-state index contributed by atoms with van der Waals surface area (Å²) in [6.07, 6.45) is 2.57. The van der Waals surface area contributed by atoms with Gasteiger partial charge in [-0.15, -0.1) is 0 Å². The highest BCUT2D eigenvalue weighted by Gasteiger charge is 2.30. The maximum Gasteiger partial charge on any atom is 0.217 e. The summed E-state index contributed by atoms with van der Waals surface area (Å²) in [5.41, 5.74) is 2.34. The summed E-state index contributed by atoms with van der Waals surface area (Å²) in [6.45, 7) is 8.55. The standard InChI is InChI=1S/C20H22FN3.C2H6/c1-20(9-12-22)10-13-24(14-11-20)15-17-7-8-18(23-19(17)21)16-5-3-2-4-6-16;1-2/h2-8H,9-11,13-15H2,1H3;1-2H3. The zero-order valence-electron chi connectivity index (χ0n) is 16.0. The highest BCUT2D eigenvalue weighted by molar-refractivity contribution is 5.58. The van der Waals surface area contributed by atoms with Crippen LogP contribution < -0.4 is 0 Å². The molecule has 4 heteroatoms. The second kappa shape index (κ2) is 9.45. The third-order valence-electron chi connectivity index (χ3n) is 4.96. The number of hydrogen-bond acceptors (Lipinski definition) is 3. The molecule has 2 heterocycles. The van der Waals surface area contributed by atoms with E-state index in [-0.39, 0.29) is 11.4 Å². The largest absolute Gasteiger partial charge is 0.299 e. The number of nitriles is 1. The van der Waals surface area contributed by atoms with Crippen molar-refractivity contribution in [2.75, 3.05) is 13.1 Å². The molecular weight excluding hydrogens is 325 g/mol. The molecule has 1 aromatic heterocycles. The van der Waals surface area contributed by atoms with Crippen LogP contribution >= 0.6 is 0 Å². The van der Waals surface area contributed by atoms with E-state index in [0.717, 1.165) is 31.5 Å². The van der Waals surface area contributed by atoms with E-state index in [0.29, 0.717) is 24.2 Å². The molecule has 0 spiro atoms. The lowest BCUT2D eigenvalue weighted by atomic mass is 9.78. The van der Waals surface area contributed by atoms with E-state index < -0.39 is 0 Å². The number of halogens is 1. The van der Waals surface area contributed by atoms with Gasteiger partial charge in [0, 0.05) is 24.1 Å². The predicted octanol–water partition coefficient (Wildman–Crippen LogP) is 5.43. The molecule has 1 saturated heterocycles. The Morgan fingerprint density at radius 3 is 2.35 bits per heavy atom. The molecule has 26 heavy (non-hydrogen) atoms. The number of piperidine rings is 1. The van der Waals surface area contributed by atoms with Crippen LogP contribution in [0, 0.1) is 22.7 Å². The van der Waals surface area contributed by atoms with E-state index in [1.165, 1.54) is 0 Å². The third kappa shape index (κ3) is 5.12. The van der Waals surface area contributed by atoms with E-state index in [1.54, 1.807) is 0 Å². The minimum Gasteiger partial charge on any atom is -0.299 e. The van der Waals surface area contributed by atoms with E-state index in [4.69, 9.17) is 5.26 Å². The first-order chi connectivity index (χ1) is 12.6. The Morgan fingerprint density at radius 1 is 1.12 bits per heavy atom. The van der Waals surface area contributed by atoms with Gasteiger partial charge in [-0.25, -0.2) is 4.98 Å². The van der Waals surface area contributed by atoms with Gasteiger partial charge < -0.3 is 0 Å². The van der Waals surface area contributed by atoms with Gasteiger partial charge in [-0.2, -0.15) is 9.65 Å². The van der Waals surface area contributed by atoms with Crippen LogP contribution in [0.1, 0.15) is 45.6 Å². The Hall–Kier alpha value is -2.25. The monoisotopic (exact) mass is 353 g/mol. The Balaban J connectivity index is 0.00000117. The van der Waals surface area contributed by atoms with Gasteiger partial charge in [-0.1, -0.05) is 57.2 Å². The van der Waals surface area contributed by atoms with Crippen LogP contribution in [0.4, 0.5) is 4.39 Å². The average molecular weight is 353 g/mol. The molecule has 0 atom stereocenters. The number of aromatic nitrogens is 1. The fraction of sp³-hybridized carbons (Fsp3) is 0.455. The van der Waals surface area contributed by atoms with Crippen molar-refractivity contribution < 1.29 is 4.39 Å². The third-order valence-corrected chi connectivity index (χ3v) is 4.96. The predicted molar refractivity (Wildman–Crippen MR) is 104 cm³/mol. The maximum atomic E-state index is 14.4. The fourth-order valence-electron chi connectivity index (χ4n) is 3.21. The summed E-state index contributed by atoms with van der Waals surface area (Å²) < 4.78 is 14.4. The molecule has 1 aliphatic rings. The molecule has 0 bridgehead atoms. The van der Waals surface area contributed by atoms with Crippen molar-refractivity contribution in [3.63, 3.8) is 0 Å². The second-order valence-corrected chi connectivity index (χ2v) is 6.93. The summed E-state index contributed by atoms with van der Waals surface area (Å²) in [4.78, 5) is 6.38. The average Bonchev–Trinajstić information content (AvgIpc) is 2.68. The van der Waals surface area contributed by atoms with Crippen LogP contribution in [0.5, 0.6) is 0 Å². The first-order valence-electron chi connectivity index (χ1n) is 9.40. The molecular formula is C22H28FN3. The summed E-state index contributed by atoms with van der Waals surface area (Å²) in [5, 5.41) is 8.92. The van der Waals surface area contributed by atoms with Crippen molar-refractivity contribution in [1.82, 2.24) is 9.88 Å². The van der Waals surface area contributed by atoms with Gasteiger partial charge >= 0.3 is 0 Å². The molecule has 138 valence electrons. The van der Waals surface area contributed by atoms with Crippen molar-refractivity contribution in [1.29, 1.82) is 5.26 Å². The van der Waals surface area contributed by atoms with Gasteiger partial charge in [0.2, 0.25) is 5.95 Å². The normalized spacial score (nSPS) is 16.3. The van der Waals surface area contributed by atoms with Gasteiger partial charge in [-0.05, 0) is 37.4 Å². The van der Waals surface area contributed by atoms with Crippen LogP contribution in [-0.4, -0.2) is 23.0 Å². The summed E-state index contributed by atoms with van der Waals surface area (Å²) >= 11 is 0. The van der Waals surface area contributed by atoms with Crippen LogP contribution in [-0.2, 0) is 6.54 Å². The van der Waals surface area contributed by atoms with Crippen molar-refractivity contribution >= 4 is 0 Å². The molecule has 1 aliphatic heterocycles. The van der Waals surface area contributed by atoms with Gasteiger partial charge in [0.15, 0.2) is 0 Å². The van der Waals surface area contributed by atoms with E-state index >= 15 is 0 Å². The number of likely N-dealkylation sites (tertiary alicyclic amines) is 1. The van der Waals surface area contributed by atoms with Crippen molar-refractivity contribution in [2.45, 2.75) is 46.6 Å². The Bertz CT molecular complexity index is 729. The van der Waals surface area contributed by atoms with Gasteiger partial charge in [-0.3, -0.25) is 4.90 Å². The van der Waals surface area contributed by atoms with Crippen LogP contribution in [0.25, 0.3) is 11.3 Å². The molecule has 0 aliphatic carbocycles.